The second-order valence-electron chi connectivity index (χ2n) is 7.00. The highest BCUT2D eigenvalue weighted by Crippen LogP contribution is 2.23. The Morgan fingerprint density at radius 2 is 2.00 bits per heavy atom. The number of aromatic nitrogens is 1. The summed E-state index contributed by atoms with van der Waals surface area (Å²) in [6, 6.07) is 0. The summed E-state index contributed by atoms with van der Waals surface area (Å²) >= 11 is 1.70. The Morgan fingerprint density at radius 3 is 2.62 bits per heavy atom. The molecule has 1 aromatic heterocycles. The Balaban J connectivity index is 1.77. The number of nitrogens with one attached hydrogen (secondary N) is 1. The number of rotatable bonds is 5. The molecule has 5 heteroatoms. The second kappa shape index (κ2) is 7.18. The van der Waals surface area contributed by atoms with Crippen LogP contribution >= 0.6 is 11.3 Å². The lowest BCUT2D eigenvalue weighted by Gasteiger charge is -2.31. The van der Waals surface area contributed by atoms with Crippen molar-refractivity contribution in [2.24, 2.45) is 0 Å². The van der Waals surface area contributed by atoms with E-state index in [0.29, 0.717) is 24.9 Å². The van der Waals surface area contributed by atoms with Crippen molar-refractivity contribution in [3.05, 3.63) is 16.1 Å². The maximum Gasteiger partial charge on any atom is 0.107 e. The average molecular weight is 312 g/mol. The fraction of sp³-hybridized carbons (Fsp3) is 0.812. The zero-order chi connectivity index (χ0) is 15.5. The Kier molecular flexibility index (Phi) is 5.77. The molecule has 2 heterocycles. The summed E-state index contributed by atoms with van der Waals surface area (Å²) in [6.07, 6.45) is 2.84. The minimum Gasteiger partial charge on any atom is -0.375 e. The molecule has 0 amide bonds. The van der Waals surface area contributed by atoms with E-state index in [1.54, 1.807) is 11.3 Å². The first-order valence-corrected chi connectivity index (χ1v) is 8.65. The van der Waals surface area contributed by atoms with Crippen molar-refractivity contribution in [1.29, 1.82) is 0 Å². The second-order valence-corrected chi connectivity index (χ2v) is 7.94. The van der Waals surface area contributed by atoms with Crippen molar-refractivity contribution in [1.82, 2.24) is 10.3 Å². The third-order valence-electron chi connectivity index (χ3n) is 3.49. The monoisotopic (exact) mass is 312 g/mol. The van der Waals surface area contributed by atoms with E-state index in [1.165, 1.54) is 0 Å². The molecule has 4 nitrogen and oxygen atoms in total. The summed E-state index contributed by atoms with van der Waals surface area (Å²) in [5.41, 5.74) is 1.16. The van der Waals surface area contributed by atoms with Crippen LogP contribution in [0.15, 0.2) is 5.38 Å². The lowest BCUT2D eigenvalue weighted by molar-refractivity contribution is -0.106. The molecule has 0 aliphatic carbocycles. The molecule has 0 bridgehead atoms. The number of ether oxygens (including phenoxy) is 2. The largest absolute Gasteiger partial charge is 0.375 e. The minimum atomic E-state index is 0.122. The van der Waals surface area contributed by atoms with Crippen LogP contribution in [0, 0.1) is 0 Å². The van der Waals surface area contributed by atoms with Crippen molar-refractivity contribution in [2.45, 2.75) is 84.5 Å². The van der Waals surface area contributed by atoms with Gasteiger partial charge in [-0.25, -0.2) is 4.98 Å². The van der Waals surface area contributed by atoms with Gasteiger partial charge in [-0.15, -0.1) is 11.3 Å². The van der Waals surface area contributed by atoms with Gasteiger partial charge in [0, 0.05) is 17.5 Å². The molecule has 2 rings (SSSR count). The highest BCUT2D eigenvalue weighted by Gasteiger charge is 2.25. The van der Waals surface area contributed by atoms with Gasteiger partial charge in [0.05, 0.1) is 30.6 Å². The van der Waals surface area contributed by atoms with Gasteiger partial charge in [-0.3, -0.25) is 0 Å². The van der Waals surface area contributed by atoms with Crippen LogP contribution in [0.1, 0.15) is 58.2 Å². The van der Waals surface area contributed by atoms with Crippen LogP contribution in [-0.4, -0.2) is 28.8 Å². The number of hydrogen-bond acceptors (Lipinski definition) is 5. The van der Waals surface area contributed by atoms with E-state index in [4.69, 9.17) is 9.47 Å². The molecule has 0 spiro atoms. The topological polar surface area (TPSA) is 43.4 Å². The van der Waals surface area contributed by atoms with Crippen molar-refractivity contribution < 1.29 is 9.47 Å². The molecule has 2 atom stereocenters. The molecule has 1 fully saturated rings. The molecule has 1 saturated heterocycles. The predicted octanol–water partition coefficient (Wildman–Crippen LogP) is 3.50. The highest BCUT2D eigenvalue weighted by molar-refractivity contribution is 7.09. The van der Waals surface area contributed by atoms with E-state index in [-0.39, 0.29) is 5.54 Å². The van der Waals surface area contributed by atoms with Gasteiger partial charge in [0.25, 0.3) is 0 Å². The summed E-state index contributed by atoms with van der Waals surface area (Å²) in [7, 11) is 0. The van der Waals surface area contributed by atoms with E-state index in [9.17, 15) is 0 Å². The van der Waals surface area contributed by atoms with E-state index >= 15 is 0 Å². The fourth-order valence-electron chi connectivity index (χ4n) is 2.52. The molecule has 1 aromatic rings. The Bertz CT molecular complexity index is 432. The van der Waals surface area contributed by atoms with Gasteiger partial charge in [-0.1, -0.05) is 0 Å². The standard InChI is InChI=1S/C16H28N2O2S/c1-11-6-14(7-12(2)20-11)19-9-13-10-21-15(18-13)8-17-16(3,4)5/h10-12,14,17H,6-9H2,1-5H3. The maximum absolute atomic E-state index is 6.01. The summed E-state index contributed by atoms with van der Waals surface area (Å²) in [4.78, 5) is 4.64. The first kappa shape index (κ1) is 16.9. The fourth-order valence-corrected chi connectivity index (χ4v) is 3.24. The Hall–Kier alpha value is -0.490. The molecule has 1 aliphatic rings. The van der Waals surface area contributed by atoms with E-state index in [1.807, 2.05) is 0 Å². The molecular weight excluding hydrogens is 284 g/mol. The zero-order valence-electron chi connectivity index (χ0n) is 13.8. The normalized spacial score (nSPS) is 27.0. The smallest absolute Gasteiger partial charge is 0.107 e. The third kappa shape index (κ3) is 6.02. The van der Waals surface area contributed by atoms with E-state index in [2.05, 4.69) is 50.3 Å². The van der Waals surface area contributed by atoms with E-state index in [0.717, 1.165) is 30.1 Å². The number of hydrogen-bond donors (Lipinski definition) is 1. The lowest BCUT2D eigenvalue weighted by Crippen LogP contribution is -2.35. The minimum absolute atomic E-state index is 0.122. The zero-order valence-corrected chi connectivity index (χ0v) is 14.6. The Morgan fingerprint density at radius 1 is 1.33 bits per heavy atom. The van der Waals surface area contributed by atoms with E-state index < -0.39 is 0 Å². The van der Waals surface area contributed by atoms with Crippen LogP contribution in [0.4, 0.5) is 0 Å². The van der Waals surface area contributed by atoms with Crippen molar-refractivity contribution >= 4 is 11.3 Å². The SMILES string of the molecule is CC1CC(OCc2csc(CNC(C)(C)C)n2)CC(C)O1. The van der Waals surface area contributed by atoms with Crippen LogP contribution in [-0.2, 0) is 22.6 Å². The van der Waals surface area contributed by atoms with Crippen molar-refractivity contribution in [2.75, 3.05) is 0 Å². The molecule has 0 aromatic carbocycles. The van der Waals surface area contributed by atoms with Crippen LogP contribution in [0.3, 0.4) is 0 Å². The van der Waals surface area contributed by atoms with Gasteiger partial charge in [0.1, 0.15) is 5.01 Å². The highest BCUT2D eigenvalue weighted by atomic mass is 32.1. The molecule has 21 heavy (non-hydrogen) atoms. The summed E-state index contributed by atoms with van der Waals surface area (Å²) in [6.45, 7) is 12.2. The summed E-state index contributed by atoms with van der Waals surface area (Å²) < 4.78 is 11.7. The third-order valence-corrected chi connectivity index (χ3v) is 4.39. The van der Waals surface area contributed by atoms with Crippen LogP contribution in [0.2, 0.25) is 0 Å². The first-order chi connectivity index (χ1) is 9.82. The molecule has 120 valence electrons. The quantitative estimate of drug-likeness (QED) is 0.903. The summed E-state index contributed by atoms with van der Waals surface area (Å²) in [5, 5.41) is 6.68. The van der Waals surface area contributed by atoms with Crippen molar-refractivity contribution in [3.8, 4) is 0 Å². The first-order valence-electron chi connectivity index (χ1n) is 7.77. The number of thiazole rings is 1. The van der Waals surface area contributed by atoms with Crippen molar-refractivity contribution in [3.63, 3.8) is 0 Å². The number of nitrogens with zero attached hydrogens (tertiary/aromatic N) is 1. The van der Waals surface area contributed by atoms with Crippen LogP contribution < -0.4 is 5.32 Å². The lowest BCUT2D eigenvalue weighted by atomic mass is 10.0. The van der Waals surface area contributed by atoms with Gasteiger partial charge < -0.3 is 14.8 Å². The molecule has 0 saturated carbocycles. The molecule has 0 radical (unpaired) electrons. The van der Waals surface area contributed by atoms with Gasteiger partial charge in [-0.2, -0.15) is 0 Å². The molecule has 2 unspecified atom stereocenters. The predicted molar refractivity (Wildman–Crippen MR) is 86.5 cm³/mol. The Labute approximate surface area is 132 Å². The maximum atomic E-state index is 6.01. The average Bonchev–Trinajstić information content (AvgIpc) is 2.80. The molecular formula is C16H28N2O2S. The molecule has 1 N–H and O–H groups in total. The summed E-state index contributed by atoms with van der Waals surface area (Å²) in [5.74, 6) is 0. The van der Waals surface area contributed by atoms with Gasteiger partial charge in [0.2, 0.25) is 0 Å². The van der Waals surface area contributed by atoms with Crippen LogP contribution in [0.25, 0.3) is 0 Å². The van der Waals surface area contributed by atoms with Gasteiger partial charge in [-0.05, 0) is 47.5 Å². The van der Waals surface area contributed by atoms with Gasteiger partial charge in [0.15, 0.2) is 0 Å². The van der Waals surface area contributed by atoms with Crippen LogP contribution in [0.5, 0.6) is 0 Å². The molecule has 1 aliphatic heterocycles. The van der Waals surface area contributed by atoms with Gasteiger partial charge >= 0.3 is 0 Å².